The summed E-state index contributed by atoms with van der Waals surface area (Å²) in [5, 5.41) is 18.3. The molecule has 18 nitrogen and oxygen atoms in total. The molecule has 0 fully saturated rings. The summed E-state index contributed by atoms with van der Waals surface area (Å²) in [6.45, 7) is 5.77. The Bertz CT molecular complexity index is 5540. The predicted molar refractivity (Wildman–Crippen MR) is 373 cm³/mol. The first-order valence-electron chi connectivity index (χ1n) is 31.7. The number of hydrogen-bond donors (Lipinski definition) is 2. The van der Waals surface area contributed by atoms with Crippen LogP contribution in [0.5, 0.6) is 23.0 Å². The largest absolute Gasteiger partial charge is 0.508 e. The molecule has 0 atom stereocenters. The molecule has 0 spiro atoms. The third-order valence-corrected chi connectivity index (χ3v) is 18.9. The van der Waals surface area contributed by atoms with E-state index in [9.17, 15) is 79.5 Å². The van der Waals surface area contributed by atoms with Gasteiger partial charge in [0, 0.05) is 56.2 Å². The van der Waals surface area contributed by atoms with Crippen molar-refractivity contribution in [2.24, 2.45) is 0 Å². The average Bonchev–Trinajstić information content (AvgIpc) is 1.62. The number of hydrogen-bond acceptors (Lipinski definition) is 14. The molecule has 9 aromatic carbocycles. The molecule has 30 heteroatoms. The third kappa shape index (κ3) is 18.5. The van der Waals surface area contributed by atoms with Crippen LogP contribution in [0.4, 0.5) is 39.5 Å². The Hall–Kier alpha value is -10.9. The number of alkyl halides is 9. The summed E-state index contributed by atoms with van der Waals surface area (Å²) in [5.41, 5.74) is 0.0576. The number of aryl methyl sites for hydroxylation is 3. The molecule has 3 aromatic heterocycles. The highest BCUT2D eigenvalue weighted by Crippen LogP contribution is 2.40. The van der Waals surface area contributed by atoms with Crippen LogP contribution in [-0.4, -0.2) is 94.8 Å². The first-order chi connectivity index (χ1) is 48.9. The normalized spacial score (nSPS) is 12.0. The van der Waals surface area contributed by atoms with E-state index in [4.69, 9.17) is 14.6 Å². The van der Waals surface area contributed by atoms with Gasteiger partial charge in [-0.3, -0.25) is 13.7 Å². The Balaban J connectivity index is 0.000000169. The number of carbonyl (C=O) groups excluding carboxylic acids is 1. The standard InChI is InChI=1S/C25H21F3N2O4S.C24H21F3N2O3S.C17H15F3N2O.C8H8O4S/c1-3-7-22-29-23-20(25(26,27)28)12-6-13-21(23)30(22)17-9-5-10-18(15-17)34-24(31)16-8-4-11-19(14-16)35(2,32)33;1-3-7-22-28-23-20(24(25,26)27)12-6-13-21(23)29(22)16-8-4-9-17(14-16)32-18-10-5-11-19(15-18)33(2,30)31;1-2-5-15-21-16-13(17(18,19)20)8-4-9-14(16)22(15)11-6-3-7-12(23)10-11;1-13(11,12)7-4-2-3-6(5-7)8(9)10/h4-6,8-15H,3,7H2,1-2H3;4-6,8-15H,3,7H2,1-2H3;3-4,6-10,23H,2,5H2,1H3;2-5H,1H3,(H,9,10). The van der Waals surface area contributed by atoms with Gasteiger partial charge >= 0.3 is 30.5 Å². The lowest BCUT2D eigenvalue weighted by atomic mass is 10.1. The van der Waals surface area contributed by atoms with Crippen LogP contribution in [0.2, 0.25) is 0 Å². The van der Waals surface area contributed by atoms with Crippen LogP contribution in [-0.2, 0) is 67.3 Å². The zero-order chi connectivity index (χ0) is 75.9. The van der Waals surface area contributed by atoms with E-state index in [1.54, 1.807) is 92.6 Å². The van der Waals surface area contributed by atoms with Gasteiger partial charge in [0.2, 0.25) is 0 Å². The van der Waals surface area contributed by atoms with Gasteiger partial charge in [-0.05, 0) is 147 Å². The summed E-state index contributed by atoms with van der Waals surface area (Å²) in [6.07, 6.45) is -6.75. The molecule has 0 aliphatic rings. The molecule has 3 heterocycles. The topological polar surface area (TPSA) is 249 Å². The average molecular weight is 1500 g/mol. The number of carboxylic acid groups (broad SMARTS) is 1. The molecule has 0 saturated heterocycles. The molecule has 0 aliphatic heterocycles. The summed E-state index contributed by atoms with van der Waals surface area (Å²) < 4.78 is 207. The third-order valence-electron chi connectivity index (χ3n) is 15.5. The number of aromatic nitrogens is 6. The number of carbonyl (C=O) groups is 2. The minimum atomic E-state index is -4.56. The number of nitrogens with zero attached hydrogens (tertiary/aromatic N) is 6. The van der Waals surface area contributed by atoms with Gasteiger partial charge < -0.3 is 19.7 Å². The number of rotatable bonds is 17. The highest BCUT2D eigenvalue weighted by atomic mass is 32.2. The molecular weight excluding hydrogens is 1430 g/mol. The number of aromatic hydroxyl groups is 1. The maximum Gasteiger partial charge on any atom is 0.418 e. The van der Waals surface area contributed by atoms with Crippen LogP contribution in [0.25, 0.3) is 50.2 Å². The van der Waals surface area contributed by atoms with Crippen LogP contribution in [0, 0.1) is 0 Å². The van der Waals surface area contributed by atoms with E-state index in [1.807, 2.05) is 20.8 Å². The van der Waals surface area contributed by atoms with Crippen LogP contribution in [0.3, 0.4) is 0 Å². The number of benzene rings is 9. The fourth-order valence-corrected chi connectivity index (χ4v) is 12.9. The van der Waals surface area contributed by atoms with E-state index in [-0.39, 0.29) is 59.4 Å². The van der Waals surface area contributed by atoms with E-state index in [2.05, 4.69) is 15.0 Å². The van der Waals surface area contributed by atoms with Crippen molar-refractivity contribution >= 4 is 74.6 Å². The van der Waals surface area contributed by atoms with Gasteiger partial charge in [-0.25, -0.2) is 49.8 Å². The van der Waals surface area contributed by atoms with Crippen LogP contribution in [0.1, 0.15) is 94.9 Å². The summed E-state index contributed by atoms with van der Waals surface area (Å²) in [4.78, 5) is 36.1. The molecule has 0 bridgehead atoms. The quantitative estimate of drug-likeness (QED) is 0.0489. The van der Waals surface area contributed by atoms with Crippen molar-refractivity contribution in [3.63, 3.8) is 0 Å². The zero-order valence-corrected chi connectivity index (χ0v) is 58.5. The molecule has 0 radical (unpaired) electrons. The van der Waals surface area contributed by atoms with Crippen molar-refractivity contribution in [1.29, 1.82) is 0 Å². The second-order valence-corrected chi connectivity index (χ2v) is 29.6. The lowest BCUT2D eigenvalue weighted by Crippen LogP contribution is -2.10. The summed E-state index contributed by atoms with van der Waals surface area (Å²) in [7, 11) is -10.2. The maximum atomic E-state index is 13.6. The first kappa shape index (κ1) is 77.3. The summed E-state index contributed by atoms with van der Waals surface area (Å²) in [6, 6.07) is 48.4. The van der Waals surface area contributed by atoms with E-state index in [0.29, 0.717) is 89.2 Å². The van der Waals surface area contributed by atoms with Gasteiger partial charge in [0.15, 0.2) is 29.5 Å². The number of sulfone groups is 3. The fraction of sp³-hybridized carbons (Fsp3) is 0.203. The smallest absolute Gasteiger partial charge is 0.418 e. The number of carboxylic acids is 1. The summed E-state index contributed by atoms with van der Waals surface area (Å²) in [5.74, 6) is 0.552. The zero-order valence-electron chi connectivity index (χ0n) is 56.1. The van der Waals surface area contributed by atoms with Crippen molar-refractivity contribution in [3.8, 4) is 40.1 Å². The number of imidazole rings is 3. The lowest BCUT2D eigenvalue weighted by molar-refractivity contribution is -0.137. The van der Waals surface area contributed by atoms with Crippen LogP contribution >= 0.6 is 0 Å². The highest BCUT2D eigenvalue weighted by Gasteiger charge is 2.37. The Labute approximate surface area is 591 Å². The van der Waals surface area contributed by atoms with Crippen molar-refractivity contribution < 1.29 is 94.0 Å². The number of aromatic carboxylic acids is 1. The molecule has 0 amide bonds. The van der Waals surface area contributed by atoms with Crippen molar-refractivity contribution in [1.82, 2.24) is 28.7 Å². The van der Waals surface area contributed by atoms with E-state index in [0.717, 1.165) is 49.5 Å². The Kier molecular flexibility index (Phi) is 23.3. The number of para-hydroxylation sites is 3. The molecular formula is C74H65F9N6O12S3. The fourth-order valence-electron chi connectivity index (χ4n) is 11.0. The second kappa shape index (κ2) is 31.4. The minimum Gasteiger partial charge on any atom is -0.508 e. The first-order valence-corrected chi connectivity index (χ1v) is 37.3. The van der Waals surface area contributed by atoms with Gasteiger partial charge in [0.25, 0.3) is 0 Å². The maximum absolute atomic E-state index is 13.6. The van der Waals surface area contributed by atoms with E-state index >= 15 is 0 Å². The Morgan fingerprint density at radius 2 is 0.721 bits per heavy atom. The van der Waals surface area contributed by atoms with Gasteiger partial charge in [0.1, 0.15) is 57.0 Å². The Morgan fingerprint density at radius 1 is 0.404 bits per heavy atom. The molecule has 12 rings (SSSR count). The van der Waals surface area contributed by atoms with Gasteiger partial charge in [0.05, 0.1) is 76.1 Å². The number of fused-ring (bicyclic) bond motifs is 3. The monoisotopic (exact) mass is 1500 g/mol. The van der Waals surface area contributed by atoms with E-state index < -0.39 is 76.7 Å². The second-order valence-electron chi connectivity index (χ2n) is 23.5. The highest BCUT2D eigenvalue weighted by molar-refractivity contribution is 7.91. The van der Waals surface area contributed by atoms with Crippen molar-refractivity contribution in [2.45, 2.75) is 92.5 Å². The van der Waals surface area contributed by atoms with E-state index in [1.165, 1.54) is 97.1 Å². The Morgan fingerprint density at radius 3 is 1.10 bits per heavy atom. The SMILES string of the molecule is CCCc1nc2c(C(F)(F)F)cccc2n1-c1cccc(O)c1.CCCc1nc2c(C(F)(F)F)cccc2n1-c1cccc(OC(=O)c2cccc(S(C)(=O)=O)c2)c1.CCCc1nc2c(C(F)(F)F)cccc2n1-c1cccc(Oc2cccc(S(C)(=O)=O)c2)c1.CS(=O)(=O)c1cccc(C(=O)O)c1. The number of esters is 1. The van der Waals surface area contributed by atoms with Gasteiger partial charge in [-0.1, -0.05) is 75.4 Å². The minimum absolute atomic E-state index is 0.0183. The van der Waals surface area contributed by atoms with Gasteiger partial charge in [-0.15, -0.1) is 0 Å². The molecule has 544 valence electrons. The number of halogens is 9. The number of phenolic OH excluding ortho intramolecular Hbond substituents is 1. The molecule has 0 unspecified atom stereocenters. The molecule has 0 aliphatic carbocycles. The number of phenols is 1. The predicted octanol–water partition coefficient (Wildman–Crippen LogP) is 17.3. The molecule has 0 saturated carbocycles. The number of ether oxygens (including phenoxy) is 2. The van der Waals surface area contributed by atoms with Crippen molar-refractivity contribution in [2.75, 3.05) is 18.8 Å². The summed E-state index contributed by atoms with van der Waals surface area (Å²) >= 11 is 0. The van der Waals surface area contributed by atoms with Crippen LogP contribution in [0.15, 0.2) is 215 Å². The van der Waals surface area contributed by atoms with Gasteiger partial charge in [-0.2, -0.15) is 39.5 Å². The van der Waals surface area contributed by atoms with Crippen LogP contribution < -0.4 is 9.47 Å². The molecule has 2 N–H and O–H groups in total. The van der Waals surface area contributed by atoms with Crippen molar-refractivity contribution in [3.05, 3.63) is 245 Å². The lowest BCUT2D eigenvalue weighted by Gasteiger charge is -2.12. The molecule has 12 aromatic rings. The molecule has 104 heavy (non-hydrogen) atoms.